The molecule has 142 valence electrons. The lowest BCUT2D eigenvalue weighted by atomic mass is 10.1. The van der Waals surface area contributed by atoms with Crippen molar-refractivity contribution in [2.45, 2.75) is 32.0 Å². The number of rotatable bonds is 8. The normalized spacial score (nSPS) is 11.5. The number of nitrogens with zero attached hydrogens (tertiary/aromatic N) is 3. The molecule has 0 atom stereocenters. The summed E-state index contributed by atoms with van der Waals surface area (Å²) in [5, 5.41) is 3.44. The van der Waals surface area contributed by atoms with E-state index in [0.29, 0.717) is 19.6 Å². The van der Waals surface area contributed by atoms with E-state index in [-0.39, 0.29) is 0 Å². The second kappa shape index (κ2) is 8.70. The van der Waals surface area contributed by atoms with Crippen LogP contribution in [0.4, 0.5) is 13.2 Å². The summed E-state index contributed by atoms with van der Waals surface area (Å²) in [5.74, 6) is -0.325. The Hall–Kier alpha value is -2.83. The molecule has 3 rings (SSSR count). The molecule has 0 unspecified atom stereocenters. The van der Waals surface area contributed by atoms with Gasteiger partial charge in [-0.25, -0.2) is 4.98 Å². The van der Waals surface area contributed by atoms with Gasteiger partial charge in [0.15, 0.2) is 0 Å². The zero-order chi connectivity index (χ0) is 19.1. The Bertz CT molecular complexity index is 830. The molecule has 0 saturated heterocycles. The van der Waals surface area contributed by atoms with Gasteiger partial charge in [-0.05, 0) is 42.5 Å². The van der Waals surface area contributed by atoms with E-state index in [9.17, 15) is 13.2 Å². The van der Waals surface area contributed by atoms with Gasteiger partial charge in [0.05, 0.1) is 6.61 Å². The van der Waals surface area contributed by atoms with Crippen molar-refractivity contribution in [1.29, 1.82) is 0 Å². The fourth-order valence-electron chi connectivity index (χ4n) is 2.64. The van der Waals surface area contributed by atoms with Gasteiger partial charge in [-0.3, -0.25) is 4.68 Å². The maximum absolute atomic E-state index is 12.5. The summed E-state index contributed by atoms with van der Waals surface area (Å²) in [6.45, 7) is 0.966. The smallest absolute Gasteiger partial charge is 0.453 e. The second-order valence-corrected chi connectivity index (χ2v) is 6.16. The van der Waals surface area contributed by atoms with Crippen molar-refractivity contribution in [3.8, 4) is 5.75 Å². The average molecular weight is 375 g/mol. The van der Waals surface area contributed by atoms with Crippen LogP contribution in [0.25, 0.3) is 0 Å². The van der Waals surface area contributed by atoms with Crippen LogP contribution < -0.4 is 4.74 Å². The van der Waals surface area contributed by atoms with Crippen molar-refractivity contribution in [3.63, 3.8) is 0 Å². The van der Waals surface area contributed by atoms with E-state index in [2.05, 4.69) is 22.2 Å². The molecule has 0 bridgehead atoms. The SMILES string of the molecule is FC(F)(F)c1ncn(CCc2ccc(OCCCc3ccccc3)cc2)n1. The molecule has 0 spiro atoms. The number of benzene rings is 2. The molecule has 0 aliphatic heterocycles. The Morgan fingerprint density at radius 1 is 0.889 bits per heavy atom. The quantitative estimate of drug-likeness (QED) is 0.542. The number of aromatic nitrogens is 3. The lowest BCUT2D eigenvalue weighted by Gasteiger charge is -2.08. The molecular formula is C20H20F3N3O. The molecule has 7 heteroatoms. The van der Waals surface area contributed by atoms with Crippen LogP contribution in [0.1, 0.15) is 23.4 Å². The highest BCUT2D eigenvalue weighted by Crippen LogP contribution is 2.25. The largest absolute Gasteiger partial charge is 0.494 e. The molecule has 0 N–H and O–H groups in total. The van der Waals surface area contributed by atoms with Crippen molar-refractivity contribution in [2.24, 2.45) is 0 Å². The van der Waals surface area contributed by atoms with E-state index in [1.54, 1.807) is 0 Å². The zero-order valence-corrected chi connectivity index (χ0v) is 14.7. The summed E-state index contributed by atoms with van der Waals surface area (Å²) in [4.78, 5) is 3.28. The van der Waals surface area contributed by atoms with Crippen molar-refractivity contribution in [1.82, 2.24) is 14.8 Å². The molecule has 0 aliphatic rings. The van der Waals surface area contributed by atoms with Crippen LogP contribution in [0.5, 0.6) is 5.75 Å². The van der Waals surface area contributed by atoms with Crippen LogP contribution in [-0.2, 0) is 25.6 Å². The molecule has 0 saturated carbocycles. The number of hydrogen-bond acceptors (Lipinski definition) is 3. The van der Waals surface area contributed by atoms with Gasteiger partial charge < -0.3 is 4.74 Å². The monoisotopic (exact) mass is 375 g/mol. The maximum Gasteiger partial charge on any atom is 0.453 e. The van der Waals surface area contributed by atoms with Crippen molar-refractivity contribution < 1.29 is 17.9 Å². The van der Waals surface area contributed by atoms with E-state index in [0.717, 1.165) is 30.5 Å². The predicted octanol–water partition coefficient (Wildman–Crippen LogP) is 4.55. The van der Waals surface area contributed by atoms with E-state index in [1.165, 1.54) is 10.2 Å². The third kappa shape index (κ3) is 5.84. The Balaban J connectivity index is 1.41. The predicted molar refractivity (Wildman–Crippen MR) is 95.4 cm³/mol. The zero-order valence-electron chi connectivity index (χ0n) is 14.7. The summed E-state index contributed by atoms with van der Waals surface area (Å²) in [6.07, 6.45) is -0.941. The first-order valence-electron chi connectivity index (χ1n) is 8.73. The van der Waals surface area contributed by atoms with Crippen LogP contribution in [-0.4, -0.2) is 21.4 Å². The molecule has 0 radical (unpaired) electrons. The van der Waals surface area contributed by atoms with Crippen molar-refractivity contribution >= 4 is 0 Å². The Kier molecular flexibility index (Phi) is 6.11. The topological polar surface area (TPSA) is 39.9 Å². The number of hydrogen-bond donors (Lipinski definition) is 0. The van der Waals surface area contributed by atoms with Crippen molar-refractivity contribution in [2.75, 3.05) is 6.61 Å². The van der Waals surface area contributed by atoms with E-state index in [4.69, 9.17) is 4.74 Å². The molecule has 4 nitrogen and oxygen atoms in total. The summed E-state index contributed by atoms with van der Waals surface area (Å²) in [7, 11) is 0. The molecule has 1 aromatic heterocycles. The Morgan fingerprint density at radius 3 is 2.26 bits per heavy atom. The first kappa shape index (κ1) is 18.9. The maximum atomic E-state index is 12.5. The van der Waals surface area contributed by atoms with Crippen LogP contribution >= 0.6 is 0 Å². The van der Waals surface area contributed by atoms with Gasteiger partial charge in [0, 0.05) is 6.54 Å². The van der Waals surface area contributed by atoms with Crippen LogP contribution in [0.3, 0.4) is 0 Å². The van der Waals surface area contributed by atoms with E-state index >= 15 is 0 Å². The molecular weight excluding hydrogens is 355 g/mol. The fraction of sp³-hybridized carbons (Fsp3) is 0.300. The molecule has 27 heavy (non-hydrogen) atoms. The van der Waals surface area contributed by atoms with Crippen molar-refractivity contribution in [3.05, 3.63) is 77.9 Å². The summed E-state index contributed by atoms with van der Waals surface area (Å²) >= 11 is 0. The van der Waals surface area contributed by atoms with Gasteiger partial charge in [-0.2, -0.15) is 13.2 Å². The van der Waals surface area contributed by atoms with Crippen LogP contribution in [0, 0.1) is 0 Å². The summed E-state index contributed by atoms with van der Waals surface area (Å²) < 4.78 is 44.4. The van der Waals surface area contributed by atoms with E-state index < -0.39 is 12.0 Å². The lowest BCUT2D eigenvalue weighted by molar-refractivity contribution is -0.145. The summed E-state index contributed by atoms with van der Waals surface area (Å²) in [5.41, 5.74) is 2.29. The molecule has 1 heterocycles. The van der Waals surface area contributed by atoms with Gasteiger partial charge in [-0.1, -0.05) is 42.5 Å². The van der Waals surface area contributed by atoms with Crippen LogP contribution in [0.2, 0.25) is 0 Å². The number of halogens is 3. The summed E-state index contributed by atoms with van der Waals surface area (Å²) in [6, 6.07) is 17.8. The highest BCUT2D eigenvalue weighted by Gasteiger charge is 2.35. The number of alkyl halides is 3. The van der Waals surface area contributed by atoms with Gasteiger partial charge in [0.2, 0.25) is 0 Å². The Morgan fingerprint density at radius 2 is 1.59 bits per heavy atom. The molecule has 0 fully saturated rings. The number of aryl methyl sites for hydroxylation is 3. The standard InChI is InChI=1S/C20H20F3N3O/c21-20(22,23)19-24-15-26(25-19)13-12-17-8-10-18(11-9-17)27-14-4-7-16-5-2-1-3-6-16/h1-3,5-6,8-11,15H,4,7,12-14H2. The molecule has 2 aromatic carbocycles. The average Bonchev–Trinajstić information content (AvgIpc) is 3.15. The van der Waals surface area contributed by atoms with Gasteiger partial charge >= 0.3 is 6.18 Å². The third-order valence-corrected chi connectivity index (χ3v) is 4.06. The fourth-order valence-corrected chi connectivity index (χ4v) is 2.64. The molecule has 0 aliphatic carbocycles. The third-order valence-electron chi connectivity index (χ3n) is 4.06. The molecule has 0 amide bonds. The minimum absolute atomic E-state index is 0.334. The second-order valence-electron chi connectivity index (χ2n) is 6.16. The highest BCUT2D eigenvalue weighted by molar-refractivity contribution is 5.27. The highest BCUT2D eigenvalue weighted by atomic mass is 19.4. The van der Waals surface area contributed by atoms with Crippen LogP contribution in [0.15, 0.2) is 60.9 Å². The minimum Gasteiger partial charge on any atom is -0.494 e. The van der Waals surface area contributed by atoms with Gasteiger partial charge in [0.1, 0.15) is 12.1 Å². The minimum atomic E-state index is -4.51. The molecule has 3 aromatic rings. The first-order chi connectivity index (χ1) is 13.0. The first-order valence-corrected chi connectivity index (χ1v) is 8.73. The van der Waals surface area contributed by atoms with Gasteiger partial charge in [-0.15, -0.1) is 5.10 Å². The van der Waals surface area contributed by atoms with E-state index in [1.807, 2.05) is 42.5 Å². The van der Waals surface area contributed by atoms with Gasteiger partial charge in [0.25, 0.3) is 5.82 Å². The Labute approximate surface area is 155 Å². The number of ether oxygens (including phenoxy) is 1. The lowest BCUT2D eigenvalue weighted by Crippen LogP contribution is -2.09.